The molecule has 1 atom stereocenters. The number of benzene rings is 1. The van der Waals surface area contributed by atoms with Gasteiger partial charge in [0.1, 0.15) is 0 Å². The predicted molar refractivity (Wildman–Crippen MR) is 97.3 cm³/mol. The van der Waals surface area contributed by atoms with Gasteiger partial charge in [-0.3, -0.25) is 4.79 Å². The molecule has 0 aliphatic heterocycles. The van der Waals surface area contributed by atoms with Crippen LogP contribution < -0.4 is 16.0 Å². The van der Waals surface area contributed by atoms with Gasteiger partial charge in [-0.1, -0.05) is 39.2 Å². The monoisotopic (exact) mass is 331 g/mol. The van der Waals surface area contributed by atoms with Crippen LogP contribution in [0.1, 0.15) is 62.7 Å². The second-order valence-corrected chi connectivity index (χ2v) is 6.58. The molecule has 0 saturated heterocycles. The number of hydrogen-bond donors (Lipinski definition) is 3. The van der Waals surface area contributed by atoms with Gasteiger partial charge < -0.3 is 16.0 Å². The summed E-state index contributed by atoms with van der Waals surface area (Å²) in [7, 11) is 0. The molecule has 0 bridgehead atoms. The lowest BCUT2D eigenvalue weighted by atomic mass is 9.99. The lowest BCUT2D eigenvalue weighted by molar-refractivity contribution is 0.0951. The SMILES string of the molecule is CCCCC(CC)CNC(=O)Nc1cccc(C(=O)NC2CC2)c1. The van der Waals surface area contributed by atoms with E-state index in [1.165, 1.54) is 12.8 Å². The van der Waals surface area contributed by atoms with Crippen molar-refractivity contribution in [3.05, 3.63) is 29.8 Å². The molecule has 2 rings (SSSR count). The first-order chi connectivity index (χ1) is 11.6. The van der Waals surface area contributed by atoms with Gasteiger partial charge >= 0.3 is 6.03 Å². The fourth-order valence-electron chi connectivity index (χ4n) is 2.59. The Morgan fingerprint density at radius 3 is 2.71 bits per heavy atom. The van der Waals surface area contributed by atoms with Crippen LogP contribution in [-0.2, 0) is 0 Å². The molecule has 0 spiro atoms. The Hall–Kier alpha value is -2.04. The summed E-state index contributed by atoms with van der Waals surface area (Å²) in [5.41, 5.74) is 1.21. The zero-order valence-corrected chi connectivity index (χ0v) is 14.7. The van der Waals surface area contributed by atoms with Gasteiger partial charge in [0.05, 0.1) is 0 Å². The van der Waals surface area contributed by atoms with Crippen molar-refractivity contribution in [3.63, 3.8) is 0 Å². The number of hydrogen-bond acceptors (Lipinski definition) is 2. The molecular formula is C19H29N3O2. The minimum Gasteiger partial charge on any atom is -0.349 e. The third kappa shape index (κ3) is 6.22. The Morgan fingerprint density at radius 2 is 2.04 bits per heavy atom. The topological polar surface area (TPSA) is 70.2 Å². The van der Waals surface area contributed by atoms with E-state index in [9.17, 15) is 9.59 Å². The van der Waals surface area contributed by atoms with Crippen molar-refractivity contribution in [2.24, 2.45) is 5.92 Å². The molecule has 1 aromatic carbocycles. The van der Waals surface area contributed by atoms with E-state index >= 15 is 0 Å². The third-order valence-electron chi connectivity index (χ3n) is 4.39. The first kappa shape index (κ1) is 18.3. The highest BCUT2D eigenvalue weighted by Crippen LogP contribution is 2.20. The summed E-state index contributed by atoms with van der Waals surface area (Å²) in [5.74, 6) is 0.443. The minimum absolute atomic E-state index is 0.0767. The fraction of sp³-hybridized carbons (Fsp3) is 0.579. The molecule has 1 aliphatic rings. The van der Waals surface area contributed by atoms with E-state index in [1.54, 1.807) is 24.3 Å². The highest BCUT2D eigenvalue weighted by molar-refractivity contribution is 5.97. The Bertz CT molecular complexity index is 555. The highest BCUT2D eigenvalue weighted by atomic mass is 16.2. The average Bonchev–Trinajstić information content (AvgIpc) is 3.39. The number of nitrogens with one attached hydrogen (secondary N) is 3. The molecule has 1 fully saturated rings. The van der Waals surface area contributed by atoms with Gasteiger partial charge in [0, 0.05) is 23.8 Å². The van der Waals surface area contributed by atoms with Crippen LogP contribution in [0, 0.1) is 5.92 Å². The van der Waals surface area contributed by atoms with E-state index in [4.69, 9.17) is 0 Å². The molecule has 0 radical (unpaired) electrons. The van der Waals surface area contributed by atoms with Gasteiger partial charge in [-0.25, -0.2) is 4.79 Å². The molecule has 24 heavy (non-hydrogen) atoms. The number of rotatable bonds is 9. The summed E-state index contributed by atoms with van der Waals surface area (Å²) in [6.45, 7) is 5.02. The van der Waals surface area contributed by atoms with Crippen molar-refractivity contribution in [1.29, 1.82) is 0 Å². The van der Waals surface area contributed by atoms with Crippen molar-refractivity contribution in [2.45, 2.75) is 58.4 Å². The largest absolute Gasteiger partial charge is 0.349 e. The zero-order chi connectivity index (χ0) is 17.4. The van der Waals surface area contributed by atoms with Crippen LogP contribution in [0.3, 0.4) is 0 Å². The molecule has 1 aliphatic carbocycles. The maximum absolute atomic E-state index is 12.1. The lowest BCUT2D eigenvalue weighted by Crippen LogP contribution is -2.33. The van der Waals surface area contributed by atoms with Crippen molar-refractivity contribution in [2.75, 3.05) is 11.9 Å². The van der Waals surface area contributed by atoms with Crippen molar-refractivity contribution in [3.8, 4) is 0 Å². The standard InChI is InChI=1S/C19H29N3O2/c1-3-5-7-14(4-2)13-20-19(24)22-17-9-6-8-15(12-17)18(23)21-16-10-11-16/h6,8-9,12,14,16H,3-5,7,10-11,13H2,1-2H3,(H,21,23)(H2,20,22,24). The van der Waals surface area contributed by atoms with Gasteiger partial charge in [0.2, 0.25) is 0 Å². The smallest absolute Gasteiger partial charge is 0.319 e. The van der Waals surface area contributed by atoms with Crippen molar-refractivity contribution >= 4 is 17.6 Å². The Labute approximate surface area is 144 Å². The molecule has 132 valence electrons. The summed E-state index contributed by atoms with van der Waals surface area (Å²) in [5, 5.41) is 8.69. The van der Waals surface area contributed by atoms with Gasteiger partial charge in [-0.15, -0.1) is 0 Å². The van der Waals surface area contributed by atoms with E-state index < -0.39 is 0 Å². The van der Waals surface area contributed by atoms with E-state index in [-0.39, 0.29) is 11.9 Å². The van der Waals surface area contributed by atoms with Gasteiger partial charge in [0.15, 0.2) is 0 Å². The predicted octanol–water partition coefficient (Wildman–Crippen LogP) is 3.92. The van der Waals surface area contributed by atoms with Crippen LogP contribution in [0.4, 0.5) is 10.5 Å². The number of carbonyl (C=O) groups excluding carboxylic acids is 2. The first-order valence-electron chi connectivity index (χ1n) is 9.08. The first-order valence-corrected chi connectivity index (χ1v) is 9.08. The summed E-state index contributed by atoms with van der Waals surface area (Å²) in [4.78, 5) is 24.1. The van der Waals surface area contributed by atoms with E-state index in [1.807, 2.05) is 0 Å². The number of amides is 3. The zero-order valence-electron chi connectivity index (χ0n) is 14.7. The van der Waals surface area contributed by atoms with Crippen molar-refractivity contribution < 1.29 is 9.59 Å². The van der Waals surface area contributed by atoms with Crippen LogP contribution in [-0.4, -0.2) is 24.5 Å². The number of carbonyl (C=O) groups is 2. The molecule has 1 aromatic rings. The highest BCUT2D eigenvalue weighted by Gasteiger charge is 2.23. The Balaban J connectivity index is 1.81. The van der Waals surface area contributed by atoms with E-state index in [0.717, 1.165) is 25.7 Å². The number of unbranched alkanes of at least 4 members (excludes halogenated alkanes) is 1. The third-order valence-corrected chi connectivity index (χ3v) is 4.39. The summed E-state index contributed by atoms with van der Waals surface area (Å²) in [6.07, 6.45) is 6.70. The second-order valence-electron chi connectivity index (χ2n) is 6.58. The lowest BCUT2D eigenvalue weighted by Gasteiger charge is -2.16. The molecule has 0 aromatic heterocycles. The molecule has 1 saturated carbocycles. The van der Waals surface area contributed by atoms with Gasteiger partial charge in [0.25, 0.3) is 5.91 Å². The molecule has 0 heterocycles. The summed E-state index contributed by atoms with van der Waals surface area (Å²) in [6, 6.07) is 7.16. The molecule has 5 heteroatoms. The van der Waals surface area contributed by atoms with Crippen molar-refractivity contribution in [1.82, 2.24) is 10.6 Å². The average molecular weight is 331 g/mol. The number of anilines is 1. The minimum atomic E-state index is -0.218. The quantitative estimate of drug-likeness (QED) is 0.642. The molecule has 1 unspecified atom stereocenters. The fourth-order valence-corrected chi connectivity index (χ4v) is 2.59. The summed E-state index contributed by atoms with van der Waals surface area (Å²) < 4.78 is 0. The number of urea groups is 1. The molecular weight excluding hydrogens is 302 g/mol. The van der Waals surface area contributed by atoms with Crippen LogP contribution in [0.15, 0.2) is 24.3 Å². The van der Waals surface area contributed by atoms with Crippen LogP contribution in [0.5, 0.6) is 0 Å². The van der Waals surface area contributed by atoms with Crippen LogP contribution >= 0.6 is 0 Å². The van der Waals surface area contributed by atoms with E-state index in [0.29, 0.717) is 29.8 Å². The second kappa shape index (κ2) is 9.30. The van der Waals surface area contributed by atoms with Gasteiger partial charge in [-0.05, 0) is 43.4 Å². The summed E-state index contributed by atoms with van der Waals surface area (Å²) >= 11 is 0. The molecule has 5 nitrogen and oxygen atoms in total. The van der Waals surface area contributed by atoms with E-state index in [2.05, 4.69) is 29.8 Å². The normalized spacial score (nSPS) is 14.8. The Morgan fingerprint density at radius 1 is 1.25 bits per heavy atom. The van der Waals surface area contributed by atoms with Crippen LogP contribution in [0.25, 0.3) is 0 Å². The maximum atomic E-state index is 12.1. The molecule has 3 amide bonds. The maximum Gasteiger partial charge on any atom is 0.319 e. The van der Waals surface area contributed by atoms with Crippen LogP contribution in [0.2, 0.25) is 0 Å². The molecule has 3 N–H and O–H groups in total. The van der Waals surface area contributed by atoms with Gasteiger partial charge in [-0.2, -0.15) is 0 Å². The Kier molecular flexibility index (Phi) is 7.09.